The van der Waals surface area contributed by atoms with Gasteiger partial charge in [-0.25, -0.2) is 4.98 Å². The van der Waals surface area contributed by atoms with Crippen LogP contribution in [0.1, 0.15) is 40.9 Å². The molecule has 0 spiro atoms. The maximum atomic E-state index is 13.1. The molecule has 8 heteroatoms. The molecular formula is C17H18N4O4. The van der Waals surface area contributed by atoms with E-state index in [1.807, 2.05) is 6.92 Å². The topological polar surface area (TPSA) is 94.5 Å². The van der Waals surface area contributed by atoms with E-state index in [9.17, 15) is 4.79 Å². The summed E-state index contributed by atoms with van der Waals surface area (Å²) in [5.41, 5.74) is 1.85. The molecule has 0 bridgehead atoms. The van der Waals surface area contributed by atoms with Crippen LogP contribution >= 0.6 is 0 Å². The van der Waals surface area contributed by atoms with Gasteiger partial charge in [-0.2, -0.15) is 4.98 Å². The van der Waals surface area contributed by atoms with Gasteiger partial charge in [0.1, 0.15) is 11.6 Å². The van der Waals surface area contributed by atoms with Gasteiger partial charge in [0, 0.05) is 19.0 Å². The third kappa shape index (κ3) is 2.78. The van der Waals surface area contributed by atoms with Crippen molar-refractivity contribution in [3.05, 3.63) is 41.4 Å². The monoisotopic (exact) mass is 342 g/mol. The van der Waals surface area contributed by atoms with Crippen molar-refractivity contribution >= 4 is 17.0 Å². The number of carbonyl (C=O) groups is 1. The number of nitrogens with zero attached hydrogens (tertiary/aromatic N) is 4. The minimum Gasteiger partial charge on any atom is -0.441 e. The fourth-order valence-electron chi connectivity index (χ4n) is 3.15. The van der Waals surface area contributed by atoms with Crippen LogP contribution in [0.5, 0.6) is 0 Å². The normalized spacial score (nSPS) is 21.0. The molecule has 1 aliphatic heterocycles. The van der Waals surface area contributed by atoms with Crippen molar-refractivity contribution in [3.8, 4) is 0 Å². The number of carbonyl (C=O) groups excluding carboxylic acids is 1. The van der Waals surface area contributed by atoms with Gasteiger partial charge in [-0.3, -0.25) is 4.79 Å². The zero-order chi connectivity index (χ0) is 17.6. The van der Waals surface area contributed by atoms with E-state index in [-0.39, 0.29) is 12.0 Å². The van der Waals surface area contributed by atoms with Crippen LogP contribution in [0.4, 0.5) is 0 Å². The Morgan fingerprint density at radius 3 is 2.88 bits per heavy atom. The lowest BCUT2D eigenvalue weighted by atomic mass is 10.1. The summed E-state index contributed by atoms with van der Waals surface area (Å²) in [6.45, 7) is 6.32. The van der Waals surface area contributed by atoms with E-state index in [0.29, 0.717) is 41.9 Å². The predicted molar refractivity (Wildman–Crippen MR) is 87.0 cm³/mol. The Labute approximate surface area is 143 Å². The van der Waals surface area contributed by atoms with Gasteiger partial charge in [-0.15, -0.1) is 0 Å². The van der Waals surface area contributed by atoms with Gasteiger partial charge in [0.15, 0.2) is 17.3 Å². The minimum absolute atomic E-state index is 0.132. The fourth-order valence-corrected chi connectivity index (χ4v) is 3.15. The predicted octanol–water partition coefficient (Wildman–Crippen LogP) is 2.43. The lowest BCUT2D eigenvalue weighted by Crippen LogP contribution is -2.47. The van der Waals surface area contributed by atoms with Crippen molar-refractivity contribution in [2.45, 2.75) is 32.9 Å². The van der Waals surface area contributed by atoms with Crippen LogP contribution in [0.3, 0.4) is 0 Å². The first-order valence-corrected chi connectivity index (χ1v) is 8.13. The number of hydrogen-bond donors (Lipinski definition) is 0. The number of benzene rings is 1. The lowest BCUT2D eigenvalue weighted by molar-refractivity contribution is -0.0600. The van der Waals surface area contributed by atoms with Gasteiger partial charge in [0.2, 0.25) is 0 Å². The number of oxazole rings is 1. The van der Waals surface area contributed by atoms with Crippen molar-refractivity contribution in [1.29, 1.82) is 0 Å². The molecule has 3 aromatic rings. The van der Waals surface area contributed by atoms with Crippen molar-refractivity contribution in [1.82, 2.24) is 20.0 Å². The highest BCUT2D eigenvalue weighted by Crippen LogP contribution is 2.30. The third-order valence-electron chi connectivity index (χ3n) is 4.29. The molecule has 130 valence electrons. The smallest absolute Gasteiger partial charge is 0.254 e. The fraction of sp³-hybridized carbons (Fsp3) is 0.412. The summed E-state index contributed by atoms with van der Waals surface area (Å²) in [6.07, 6.45) is -0.242. The summed E-state index contributed by atoms with van der Waals surface area (Å²) in [7, 11) is 0. The van der Waals surface area contributed by atoms with Crippen LogP contribution in [0.15, 0.2) is 27.1 Å². The number of morpholine rings is 1. The second-order valence-corrected chi connectivity index (χ2v) is 6.11. The van der Waals surface area contributed by atoms with Crippen LogP contribution in [0.25, 0.3) is 11.1 Å². The van der Waals surface area contributed by atoms with Gasteiger partial charge in [0.05, 0.1) is 12.7 Å². The molecule has 3 heterocycles. The molecule has 1 aliphatic rings. The number of aryl methyl sites for hydroxylation is 2. The Bertz CT molecular complexity index is 932. The molecule has 0 aliphatic carbocycles. The molecule has 2 aromatic heterocycles. The zero-order valence-corrected chi connectivity index (χ0v) is 14.2. The van der Waals surface area contributed by atoms with Gasteiger partial charge in [-0.05, 0) is 32.0 Å². The molecule has 25 heavy (non-hydrogen) atoms. The molecular weight excluding hydrogens is 324 g/mol. The second-order valence-electron chi connectivity index (χ2n) is 6.11. The maximum absolute atomic E-state index is 13.1. The minimum atomic E-state index is -0.422. The molecule has 8 nitrogen and oxygen atoms in total. The third-order valence-corrected chi connectivity index (χ3v) is 4.29. The zero-order valence-electron chi connectivity index (χ0n) is 14.2. The van der Waals surface area contributed by atoms with Crippen molar-refractivity contribution in [3.63, 3.8) is 0 Å². The Balaban J connectivity index is 1.70. The highest BCUT2D eigenvalue weighted by molar-refractivity contribution is 5.97. The van der Waals surface area contributed by atoms with Crippen molar-refractivity contribution in [2.24, 2.45) is 0 Å². The van der Waals surface area contributed by atoms with Crippen LogP contribution < -0.4 is 0 Å². The lowest BCUT2D eigenvalue weighted by Gasteiger charge is -2.37. The first kappa shape index (κ1) is 15.8. The molecule has 1 aromatic carbocycles. The molecule has 2 atom stereocenters. The van der Waals surface area contributed by atoms with Gasteiger partial charge in [0.25, 0.3) is 11.8 Å². The molecule has 1 saturated heterocycles. The molecule has 0 radical (unpaired) electrons. The molecule has 0 saturated carbocycles. The quantitative estimate of drug-likeness (QED) is 0.706. The largest absolute Gasteiger partial charge is 0.441 e. The first-order valence-electron chi connectivity index (χ1n) is 8.13. The van der Waals surface area contributed by atoms with Gasteiger partial charge < -0.3 is 18.6 Å². The van der Waals surface area contributed by atoms with Crippen LogP contribution in [-0.4, -0.2) is 45.2 Å². The van der Waals surface area contributed by atoms with E-state index >= 15 is 0 Å². The average Bonchev–Trinajstić information content (AvgIpc) is 3.17. The standard InChI is InChI=1S/C17H18N4O4/c1-9-15(16-18-10(2)20-25-16)21(6-7-23-9)17(22)12-4-5-13-14(8-12)24-11(3)19-13/h4-5,8-9,15H,6-7H2,1-3H3/t9-,15+/m1/s1. The molecule has 4 rings (SSSR count). The summed E-state index contributed by atoms with van der Waals surface area (Å²) in [6, 6.07) is 4.83. The van der Waals surface area contributed by atoms with Crippen molar-refractivity contribution < 1.29 is 18.5 Å². The van der Waals surface area contributed by atoms with Crippen molar-refractivity contribution in [2.75, 3.05) is 13.2 Å². The SMILES string of the molecule is Cc1noc([C@@H]2[C@@H](C)OCCN2C(=O)c2ccc3nc(C)oc3c2)n1. The molecule has 0 N–H and O–H groups in total. The first-order chi connectivity index (χ1) is 12.0. The second kappa shape index (κ2) is 5.96. The summed E-state index contributed by atoms with van der Waals surface area (Å²) in [5.74, 6) is 1.35. The van der Waals surface area contributed by atoms with Gasteiger partial charge in [-0.1, -0.05) is 5.16 Å². The Morgan fingerprint density at radius 2 is 2.12 bits per heavy atom. The molecule has 1 amide bonds. The van der Waals surface area contributed by atoms with Gasteiger partial charge >= 0.3 is 0 Å². The summed E-state index contributed by atoms with van der Waals surface area (Å²) < 4.78 is 16.5. The molecule has 0 unspecified atom stereocenters. The van der Waals surface area contributed by atoms with E-state index < -0.39 is 6.04 Å². The average molecular weight is 342 g/mol. The summed E-state index contributed by atoms with van der Waals surface area (Å²) >= 11 is 0. The number of aromatic nitrogens is 3. The van der Waals surface area contributed by atoms with Crippen LogP contribution in [0, 0.1) is 13.8 Å². The number of hydrogen-bond acceptors (Lipinski definition) is 7. The number of ether oxygens (including phenoxy) is 1. The Hall–Kier alpha value is -2.74. The van der Waals surface area contributed by atoms with Crippen LogP contribution in [-0.2, 0) is 4.74 Å². The van der Waals surface area contributed by atoms with E-state index in [0.717, 1.165) is 5.52 Å². The summed E-state index contributed by atoms with van der Waals surface area (Å²) in [5, 5.41) is 3.83. The maximum Gasteiger partial charge on any atom is 0.254 e. The highest BCUT2D eigenvalue weighted by Gasteiger charge is 2.38. The van der Waals surface area contributed by atoms with E-state index in [2.05, 4.69) is 15.1 Å². The molecule has 1 fully saturated rings. The number of amides is 1. The summed E-state index contributed by atoms with van der Waals surface area (Å²) in [4.78, 5) is 23.4. The number of fused-ring (bicyclic) bond motifs is 1. The van der Waals surface area contributed by atoms with E-state index in [4.69, 9.17) is 13.7 Å². The van der Waals surface area contributed by atoms with Crippen LogP contribution in [0.2, 0.25) is 0 Å². The van der Waals surface area contributed by atoms with E-state index in [1.165, 1.54) is 0 Å². The van der Waals surface area contributed by atoms with E-state index in [1.54, 1.807) is 36.9 Å². The Kier molecular flexibility index (Phi) is 3.76. The Morgan fingerprint density at radius 1 is 1.28 bits per heavy atom. The highest BCUT2D eigenvalue weighted by atomic mass is 16.5. The number of rotatable bonds is 2.